The van der Waals surface area contributed by atoms with Crippen LogP contribution in [-0.4, -0.2) is 20.9 Å². The van der Waals surface area contributed by atoms with Crippen LogP contribution in [0.2, 0.25) is 0 Å². The molecule has 0 aliphatic heterocycles. The molecule has 0 unspecified atom stereocenters. The summed E-state index contributed by atoms with van der Waals surface area (Å²) in [5.41, 5.74) is 3.32. The summed E-state index contributed by atoms with van der Waals surface area (Å²) in [4.78, 5) is 10.6. The average molecular weight is 244 g/mol. The lowest BCUT2D eigenvalue weighted by molar-refractivity contribution is -0.137. The molecule has 0 amide bonds. The second-order valence-corrected chi connectivity index (χ2v) is 4.56. The molecule has 1 aromatic carbocycles. The van der Waals surface area contributed by atoms with E-state index in [1.807, 2.05) is 18.2 Å². The SMILES string of the molecule is CC(C)c1ccccc1-c1cnn(CC(=O)O)c1. The molecule has 2 rings (SSSR count). The Morgan fingerprint density at radius 2 is 2.11 bits per heavy atom. The molecule has 18 heavy (non-hydrogen) atoms. The number of rotatable bonds is 4. The van der Waals surface area contributed by atoms with E-state index >= 15 is 0 Å². The van der Waals surface area contributed by atoms with E-state index < -0.39 is 5.97 Å². The first kappa shape index (κ1) is 12.4. The monoisotopic (exact) mass is 244 g/mol. The van der Waals surface area contributed by atoms with Gasteiger partial charge in [0, 0.05) is 11.8 Å². The van der Waals surface area contributed by atoms with Gasteiger partial charge in [0.15, 0.2) is 0 Å². The van der Waals surface area contributed by atoms with Gasteiger partial charge in [-0.25, -0.2) is 0 Å². The Kier molecular flexibility index (Phi) is 3.46. The lowest BCUT2D eigenvalue weighted by Gasteiger charge is -2.10. The molecular formula is C14H16N2O2. The zero-order chi connectivity index (χ0) is 13.1. The Morgan fingerprint density at radius 1 is 1.39 bits per heavy atom. The smallest absolute Gasteiger partial charge is 0.325 e. The minimum absolute atomic E-state index is 0.107. The first-order valence-corrected chi connectivity index (χ1v) is 5.91. The van der Waals surface area contributed by atoms with Gasteiger partial charge in [-0.15, -0.1) is 0 Å². The third-order valence-corrected chi connectivity index (χ3v) is 2.82. The van der Waals surface area contributed by atoms with Crippen LogP contribution in [0.5, 0.6) is 0 Å². The van der Waals surface area contributed by atoms with Crippen molar-refractivity contribution in [1.82, 2.24) is 9.78 Å². The number of aromatic nitrogens is 2. The van der Waals surface area contributed by atoms with Crippen molar-refractivity contribution in [3.8, 4) is 11.1 Å². The van der Waals surface area contributed by atoms with Crippen LogP contribution in [0.4, 0.5) is 0 Å². The van der Waals surface area contributed by atoms with E-state index in [1.54, 1.807) is 12.4 Å². The fourth-order valence-corrected chi connectivity index (χ4v) is 1.99. The Labute approximate surface area is 106 Å². The van der Waals surface area contributed by atoms with Crippen LogP contribution in [0.15, 0.2) is 36.7 Å². The van der Waals surface area contributed by atoms with Crippen LogP contribution in [0.1, 0.15) is 25.3 Å². The molecule has 0 aliphatic carbocycles. The van der Waals surface area contributed by atoms with Crippen molar-refractivity contribution >= 4 is 5.97 Å². The fraction of sp³-hybridized carbons (Fsp3) is 0.286. The molecule has 0 aliphatic rings. The largest absolute Gasteiger partial charge is 0.480 e. The Hall–Kier alpha value is -2.10. The minimum Gasteiger partial charge on any atom is -0.480 e. The number of carboxylic acids is 1. The third-order valence-electron chi connectivity index (χ3n) is 2.82. The van der Waals surface area contributed by atoms with Crippen molar-refractivity contribution < 1.29 is 9.90 Å². The standard InChI is InChI=1S/C14H16N2O2/c1-10(2)12-5-3-4-6-13(12)11-7-15-16(8-11)9-14(17)18/h3-8,10H,9H2,1-2H3,(H,17,18). The van der Waals surface area contributed by atoms with Gasteiger partial charge in [0.05, 0.1) is 6.20 Å². The molecule has 94 valence electrons. The second kappa shape index (κ2) is 5.04. The highest BCUT2D eigenvalue weighted by molar-refractivity contribution is 5.68. The van der Waals surface area contributed by atoms with E-state index in [-0.39, 0.29) is 6.54 Å². The Bertz CT molecular complexity index is 558. The Balaban J connectivity index is 2.37. The molecule has 0 saturated heterocycles. The normalized spacial score (nSPS) is 10.8. The summed E-state index contributed by atoms with van der Waals surface area (Å²) in [6.45, 7) is 4.17. The van der Waals surface area contributed by atoms with Crippen LogP contribution >= 0.6 is 0 Å². The molecule has 4 heteroatoms. The van der Waals surface area contributed by atoms with E-state index in [1.165, 1.54) is 10.2 Å². The van der Waals surface area contributed by atoms with Gasteiger partial charge in [0.2, 0.25) is 0 Å². The fourth-order valence-electron chi connectivity index (χ4n) is 1.99. The van der Waals surface area contributed by atoms with Crippen LogP contribution in [-0.2, 0) is 11.3 Å². The van der Waals surface area contributed by atoms with Crippen molar-refractivity contribution in [1.29, 1.82) is 0 Å². The van der Waals surface area contributed by atoms with E-state index in [0.29, 0.717) is 5.92 Å². The summed E-state index contributed by atoms with van der Waals surface area (Å²) in [5, 5.41) is 12.8. The molecule has 0 spiro atoms. The summed E-state index contributed by atoms with van der Waals surface area (Å²) < 4.78 is 1.44. The highest BCUT2D eigenvalue weighted by Crippen LogP contribution is 2.28. The number of benzene rings is 1. The molecule has 2 aromatic rings. The minimum atomic E-state index is -0.887. The molecule has 0 fully saturated rings. The maximum absolute atomic E-state index is 10.6. The molecule has 1 N–H and O–H groups in total. The van der Waals surface area contributed by atoms with Gasteiger partial charge in [-0.1, -0.05) is 38.1 Å². The lowest BCUT2D eigenvalue weighted by Crippen LogP contribution is -2.08. The van der Waals surface area contributed by atoms with Gasteiger partial charge in [-0.3, -0.25) is 9.48 Å². The molecular weight excluding hydrogens is 228 g/mol. The Morgan fingerprint density at radius 3 is 2.78 bits per heavy atom. The quantitative estimate of drug-likeness (QED) is 0.899. The topological polar surface area (TPSA) is 55.1 Å². The van der Waals surface area contributed by atoms with Crippen LogP contribution in [0.3, 0.4) is 0 Å². The van der Waals surface area contributed by atoms with E-state index in [0.717, 1.165) is 11.1 Å². The maximum Gasteiger partial charge on any atom is 0.325 e. The summed E-state index contributed by atoms with van der Waals surface area (Å²) in [7, 11) is 0. The van der Waals surface area contributed by atoms with Crippen molar-refractivity contribution in [3.05, 3.63) is 42.2 Å². The van der Waals surface area contributed by atoms with Gasteiger partial charge in [0.25, 0.3) is 0 Å². The first-order valence-electron chi connectivity index (χ1n) is 5.91. The van der Waals surface area contributed by atoms with Crippen LogP contribution in [0, 0.1) is 0 Å². The molecule has 1 aromatic heterocycles. The lowest BCUT2D eigenvalue weighted by atomic mass is 9.94. The van der Waals surface area contributed by atoms with Gasteiger partial charge < -0.3 is 5.11 Å². The number of aliphatic carboxylic acids is 1. The number of carboxylic acid groups (broad SMARTS) is 1. The predicted molar refractivity (Wildman–Crippen MR) is 69.4 cm³/mol. The first-order chi connectivity index (χ1) is 8.58. The second-order valence-electron chi connectivity index (χ2n) is 4.56. The molecule has 4 nitrogen and oxygen atoms in total. The van der Waals surface area contributed by atoms with E-state index in [9.17, 15) is 4.79 Å². The molecule has 0 bridgehead atoms. The number of hydrogen-bond acceptors (Lipinski definition) is 2. The molecule has 0 saturated carbocycles. The zero-order valence-electron chi connectivity index (χ0n) is 10.5. The van der Waals surface area contributed by atoms with Crippen molar-refractivity contribution in [2.24, 2.45) is 0 Å². The average Bonchev–Trinajstić information content (AvgIpc) is 2.76. The van der Waals surface area contributed by atoms with Gasteiger partial charge in [-0.2, -0.15) is 5.10 Å². The summed E-state index contributed by atoms with van der Waals surface area (Å²) in [5.74, 6) is -0.467. The van der Waals surface area contributed by atoms with E-state index in [2.05, 4.69) is 25.0 Å². The highest BCUT2D eigenvalue weighted by Gasteiger charge is 2.10. The summed E-state index contributed by atoms with van der Waals surface area (Å²) in [6.07, 6.45) is 3.49. The van der Waals surface area contributed by atoms with Gasteiger partial charge in [0.1, 0.15) is 6.54 Å². The molecule has 0 radical (unpaired) electrons. The van der Waals surface area contributed by atoms with Crippen LogP contribution in [0.25, 0.3) is 11.1 Å². The number of hydrogen-bond donors (Lipinski definition) is 1. The van der Waals surface area contributed by atoms with Gasteiger partial charge in [-0.05, 0) is 17.0 Å². The van der Waals surface area contributed by atoms with E-state index in [4.69, 9.17) is 5.11 Å². The zero-order valence-corrected chi connectivity index (χ0v) is 10.5. The molecule has 0 atom stereocenters. The van der Waals surface area contributed by atoms with Crippen molar-refractivity contribution in [2.75, 3.05) is 0 Å². The number of nitrogens with zero attached hydrogens (tertiary/aromatic N) is 2. The third kappa shape index (κ3) is 2.59. The predicted octanol–water partition coefficient (Wildman–Crippen LogP) is 2.76. The maximum atomic E-state index is 10.6. The summed E-state index contributed by atoms with van der Waals surface area (Å²) >= 11 is 0. The summed E-state index contributed by atoms with van der Waals surface area (Å²) in [6, 6.07) is 8.13. The van der Waals surface area contributed by atoms with Crippen molar-refractivity contribution in [2.45, 2.75) is 26.3 Å². The molecule has 1 heterocycles. The number of carbonyl (C=O) groups is 1. The highest BCUT2D eigenvalue weighted by atomic mass is 16.4. The van der Waals surface area contributed by atoms with Gasteiger partial charge >= 0.3 is 5.97 Å². The van der Waals surface area contributed by atoms with Crippen molar-refractivity contribution in [3.63, 3.8) is 0 Å². The van der Waals surface area contributed by atoms with Crippen LogP contribution < -0.4 is 0 Å².